The van der Waals surface area contributed by atoms with E-state index in [4.69, 9.17) is 15.2 Å². The molecular formula is C28H42N4O4. The van der Waals surface area contributed by atoms with Crippen molar-refractivity contribution in [1.82, 2.24) is 15.1 Å². The number of carbonyl (C=O) groups is 2. The fourth-order valence-corrected chi connectivity index (χ4v) is 4.11. The zero-order valence-electron chi connectivity index (χ0n) is 20.8. The van der Waals surface area contributed by atoms with Gasteiger partial charge in [0.05, 0.1) is 0 Å². The Bertz CT molecular complexity index is 910. The van der Waals surface area contributed by atoms with E-state index < -0.39 is 0 Å². The van der Waals surface area contributed by atoms with Gasteiger partial charge in [0.1, 0.15) is 13.2 Å². The molecule has 0 radical (unpaired) electrons. The van der Waals surface area contributed by atoms with Crippen LogP contribution in [0.15, 0.2) is 60.7 Å². The number of nitrogens with zero attached hydrogens (tertiary/aromatic N) is 2. The van der Waals surface area contributed by atoms with Crippen molar-refractivity contribution in [3.8, 4) is 0 Å². The van der Waals surface area contributed by atoms with Crippen LogP contribution in [0.2, 0.25) is 0 Å². The molecule has 8 nitrogen and oxygen atoms in total. The smallest absolute Gasteiger partial charge is 0.410 e. The van der Waals surface area contributed by atoms with Crippen LogP contribution >= 0.6 is 0 Å². The van der Waals surface area contributed by atoms with Crippen molar-refractivity contribution in [2.75, 3.05) is 26.2 Å². The van der Waals surface area contributed by atoms with Gasteiger partial charge in [-0.15, -0.1) is 0 Å². The van der Waals surface area contributed by atoms with Gasteiger partial charge in [-0.3, -0.25) is 0 Å². The molecule has 2 aliphatic heterocycles. The van der Waals surface area contributed by atoms with Crippen LogP contribution < -0.4 is 11.1 Å². The molecule has 2 aromatic rings. The Morgan fingerprint density at radius 2 is 1.33 bits per heavy atom. The SMILES string of the molecule is C.CC(C)NC1CCN(C(=O)OCc2ccccc2)C1.NC1CCN(C(=O)OCc2ccccc2)C1. The van der Waals surface area contributed by atoms with Crippen molar-refractivity contribution in [3.05, 3.63) is 71.8 Å². The molecule has 2 unspecified atom stereocenters. The second kappa shape index (κ2) is 15.1. The maximum absolute atomic E-state index is 11.9. The quantitative estimate of drug-likeness (QED) is 0.613. The summed E-state index contributed by atoms with van der Waals surface area (Å²) in [7, 11) is 0. The second-order valence-corrected chi connectivity index (χ2v) is 9.33. The number of hydrogen-bond acceptors (Lipinski definition) is 6. The van der Waals surface area contributed by atoms with E-state index in [9.17, 15) is 9.59 Å². The average Bonchev–Trinajstić information content (AvgIpc) is 3.51. The Morgan fingerprint density at radius 1 is 0.861 bits per heavy atom. The first-order valence-electron chi connectivity index (χ1n) is 12.3. The van der Waals surface area contributed by atoms with Gasteiger partial charge in [-0.05, 0) is 24.0 Å². The summed E-state index contributed by atoms with van der Waals surface area (Å²) < 4.78 is 10.5. The third kappa shape index (κ3) is 9.87. The van der Waals surface area contributed by atoms with Crippen molar-refractivity contribution in [3.63, 3.8) is 0 Å². The molecule has 2 amide bonds. The first kappa shape index (κ1) is 29.1. The normalized spacial score (nSPS) is 18.8. The summed E-state index contributed by atoms with van der Waals surface area (Å²) in [6.07, 6.45) is 1.38. The molecule has 3 N–H and O–H groups in total. The Kier molecular flexibility index (Phi) is 12.2. The molecule has 2 heterocycles. The molecule has 0 aliphatic carbocycles. The molecule has 198 valence electrons. The summed E-state index contributed by atoms with van der Waals surface area (Å²) in [4.78, 5) is 27.0. The van der Waals surface area contributed by atoms with Crippen LogP contribution in [-0.4, -0.2) is 66.3 Å². The van der Waals surface area contributed by atoms with E-state index in [-0.39, 0.29) is 25.7 Å². The van der Waals surface area contributed by atoms with Gasteiger partial charge >= 0.3 is 12.2 Å². The third-order valence-electron chi connectivity index (χ3n) is 5.91. The number of hydrogen-bond donors (Lipinski definition) is 2. The highest BCUT2D eigenvalue weighted by atomic mass is 16.6. The van der Waals surface area contributed by atoms with E-state index >= 15 is 0 Å². The molecule has 8 heteroatoms. The summed E-state index contributed by atoms with van der Waals surface area (Å²) in [5.74, 6) is 0. The van der Waals surface area contributed by atoms with Gasteiger partial charge in [-0.2, -0.15) is 0 Å². The predicted molar refractivity (Wildman–Crippen MR) is 142 cm³/mol. The van der Waals surface area contributed by atoms with Gasteiger partial charge in [-0.1, -0.05) is 81.9 Å². The topological polar surface area (TPSA) is 97.1 Å². The minimum absolute atomic E-state index is 0. The van der Waals surface area contributed by atoms with E-state index in [0.29, 0.717) is 38.4 Å². The van der Waals surface area contributed by atoms with Crippen LogP contribution in [0.25, 0.3) is 0 Å². The third-order valence-corrected chi connectivity index (χ3v) is 5.91. The number of ether oxygens (including phenoxy) is 2. The molecule has 4 rings (SSSR count). The summed E-state index contributed by atoms with van der Waals surface area (Å²) in [6, 6.07) is 20.4. The molecule has 36 heavy (non-hydrogen) atoms. The monoisotopic (exact) mass is 498 g/mol. The van der Waals surface area contributed by atoms with Gasteiger partial charge in [0, 0.05) is 44.3 Å². The van der Waals surface area contributed by atoms with Crippen molar-refractivity contribution in [2.24, 2.45) is 5.73 Å². The largest absolute Gasteiger partial charge is 0.445 e. The zero-order valence-corrected chi connectivity index (χ0v) is 20.8. The van der Waals surface area contributed by atoms with Gasteiger partial charge in [0.2, 0.25) is 0 Å². The lowest BCUT2D eigenvalue weighted by molar-refractivity contribution is 0.103. The molecule has 0 bridgehead atoms. The average molecular weight is 499 g/mol. The van der Waals surface area contributed by atoms with Gasteiger partial charge in [-0.25, -0.2) is 9.59 Å². The minimum atomic E-state index is -0.267. The minimum Gasteiger partial charge on any atom is -0.445 e. The van der Waals surface area contributed by atoms with Crippen molar-refractivity contribution >= 4 is 12.2 Å². The number of likely N-dealkylation sites (tertiary alicyclic amines) is 2. The Hall–Kier alpha value is -3.10. The van der Waals surface area contributed by atoms with E-state index in [1.165, 1.54) is 0 Å². The second-order valence-electron chi connectivity index (χ2n) is 9.33. The summed E-state index contributed by atoms with van der Waals surface area (Å²) >= 11 is 0. The fourth-order valence-electron chi connectivity index (χ4n) is 4.11. The first-order valence-corrected chi connectivity index (χ1v) is 12.3. The highest BCUT2D eigenvalue weighted by Gasteiger charge is 2.27. The van der Waals surface area contributed by atoms with Crippen LogP contribution in [0.5, 0.6) is 0 Å². The summed E-state index contributed by atoms with van der Waals surface area (Å²) in [5.41, 5.74) is 7.74. The van der Waals surface area contributed by atoms with E-state index in [0.717, 1.165) is 37.1 Å². The lowest BCUT2D eigenvalue weighted by atomic mass is 10.2. The molecule has 2 aromatic carbocycles. The highest BCUT2D eigenvalue weighted by Crippen LogP contribution is 2.13. The van der Waals surface area contributed by atoms with Gasteiger partial charge < -0.3 is 30.3 Å². The first-order chi connectivity index (χ1) is 16.9. The van der Waals surface area contributed by atoms with E-state index in [1.807, 2.05) is 60.7 Å². The maximum atomic E-state index is 11.9. The molecule has 2 aliphatic rings. The molecule has 2 saturated heterocycles. The van der Waals surface area contributed by atoms with Gasteiger partial charge in [0.25, 0.3) is 0 Å². The number of benzene rings is 2. The molecule has 0 spiro atoms. The lowest BCUT2D eigenvalue weighted by Crippen LogP contribution is -2.38. The lowest BCUT2D eigenvalue weighted by Gasteiger charge is -2.18. The van der Waals surface area contributed by atoms with Crippen LogP contribution in [0.3, 0.4) is 0 Å². The van der Waals surface area contributed by atoms with Crippen LogP contribution in [-0.2, 0) is 22.7 Å². The highest BCUT2D eigenvalue weighted by molar-refractivity contribution is 5.68. The number of rotatable bonds is 6. The van der Waals surface area contributed by atoms with Crippen LogP contribution in [0.4, 0.5) is 9.59 Å². The van der Waals surface area contributed by atoms with Crippen molar-refractivity contribution in [2.45, 2.75) is 65.5 Å². The Balaban J connectivity index is 0.000000250. The number of carbonyl (C=O) groups excluding carboxylic acids is 2. The van der Waals surface area contributed by atoms with E-state index in [1.54, 1.807) is 9.80 Å². The number of nitrogens with two attached hydrogens (primary N) is 1. The Labute approximate surface area is 215 Å². The van der Waals surface area contributed by atoms with Crippen LogP contribution in [0.1, 0.15) is 45.2 Å². The maximum Gasteiger partial charge on any atom is 0.410 e. The van der Waals surface area contributed by atoms with E-state index in [2.05, 4.69) is 19.2 Å². The standard InChI is InChI=1S/C15H22N2O2.C12H16N2O2.CH4/c1-12(2)16-14-8-9-17(10-14)15(18)19-11-13-6-4-3-5-7-13;13-11-6-7-14(8-11)12(15)16-9-10-4-2-1-3-5-10;/h3-7,12,14,16H,8-11H2,1-2H3;1-5,11H,6-9,13H2;1H4. The molecule has 2 fully saturated rings. The molecule has 2 atom stereocenters. The fraction of sp³-hybridized carbons (Fsp3) is 0.500. The molecule has 0 aromatic heterocycles. The summed E-state index contributed by atoms with van der Waals surface area (Å²) in [6.45, 7) is 7.74. The van der Waals surface area contributed by atoms with Gasteiger partial charge in [0.15, 0.2) is 0 Å². The van der Waals surface area contributed by atoms with Crippen molar-refractivity contribution in [1.29, 1.82) is 0 Å². The Morgan fingerprint density at radius 3 is 1.78 bits per heavy atom. The number of nitrogens with one attached hydrogen (secondary N) is 1. The summed E-state index contributed by atoms with van der Waals surface area (Å²) in [5, 5.41) is 3.45. The predicted octanol–water partition coefficient (Wildman–Crippen LogP) is 4.39. The zero-order chi connectivity index (χ0) is 25.0. The molecular weight excluding hydrogens is 456 g/mol. The van der Waals surface area contributed by atoms with Crippen LogP contribution in [0, 0.1) is 0 Å². The van der Waals surface area contributed by atoms with Crippen molar-refractivity contribution < 1.29 is 19.1 Å². The molecule has 0 saturated carbocycles. The number of amides is 2.